The molecule has 0 N–H and O–H groups in total. The molecule has 2 fully saturated rings. The summed E-state index contributed by atoms with van der Waals surface area (Å²) in [5.41, 5.74) is 3.23. The minimum absolute atomic E-state index is 0.229. The van der Waals surface area contributed by atoms with Crippen molar-refractivity contribution in [3.05, 3.63) is 54.1 Å². The molecule has 0 unspecified atom stereocenters. The topological polar surface area (TPSA) is 38.8 Å². The van der Waals surface area contributed by atoms with E-state index in [0.717, 1.165) is 48.1 Å². The highest BCUT2D eigenvalue weighted by Gasteiger charge is 2.24. The van der Waals surface area contributed by atoms with Gasteiger partial charge in [-0.05, 0) is 67.3 Å². The molecule has 0 bridgehead atoms. The fourth-order valence-corrected chi connectivity index (χ4v) is 4.70. The van der Waals surface area contributed by atoms with Crippen molar-refractivity contribution in [3.63, 3.8) is 0 Å². The van der Waals surface area contributed by atoms with Crippen molar-refractivity contribution < 1.29 is 14.3 Å². The molecule has 0 atom stereocenters. The quantitative estimate of drug-likeness (QED) is 0.543. The Kier molecular flexibility index (Phi) is 6.93. The molecule has 30 heavy (non-hydrogen) atoms. The summed E-state index contributed by atoms with van der Waals surface area (Å²) < 4.78 is 11.8. The van der Waals surface area contributed by atoms with Gasteiger partial charge in [-0.2, -0.15) is 0 Å². The zero-order chi connectivity index (χ0) is 20.8. The summed E-state index contributed by atoms with van der Waals surface area (Å²) in [6.07, 6.45) is 10.9. The Hall–Kier alpha value is -2.49. The van der Waals surface area contributed by atoms with Gasteiger partial charge in [-0.3, -0.25) is 0 Å². The van der Waals surface area contributed by atoms with Crippen LogP contribution in [0.4, 0.5) is 4.79 Å². The van der Waals surface area contributed by atoms with Gasteiger partial charge in [-0.25, -0.2) is 4.79 Å². The molecule has 4 heteroatoms. The van der Waals surface area contributed by atoms with Gasteiger partial charge >= 0.3 is 6.09 Å². The van der Waals surface area contributed by atoms with Crippen molar-refractivity contribution >= 4 is 6.09 Å². The van der Waals surface area contributed by atoms with Crippen LogP contribution in [0.25, 0.3) is 11.1 Å². The summed E-state index contributed by atoms with van der Waals surface area (Å²) >= 11 is 0. The molecule has 4 nitrogen and oxygen atoms in total. The number of carbonyl (C=O) groups excluding carboxylic acids is 1. The fraction of sp³-hybridized carbons (Fsp3) is 0.500. The number of ether oxygens (including phenoxy) is 2. The maximum absolute atomic E-state index is 12.5. The molecule has 0 saturated heterocycles. The highest BCUT2D eigenvalue weighted by molar-refractivity contribution is 5.70. The Morgan fingerprint density at radius 3 is 2.30 bits per heavy atom. The predicted octanol–water partition coefficient (Wildman–Crippen LogP) is 6.58. The molecule has 0 heterocycles. The molecule has 160 valence electrons. The van der Waals surface area contributed by atoms with E-state index in [2.05, 4.69) is 30.3 Å². The molecule has 0 aromatic heterocycles. The van der Waals surface area contributed by atoms with E-state index < -0.39 is 0 Å². The van der Waals surface area contributed by atoms with Crippen LogP contribution in [0.1, 0.15) is 63.4 Å². The zero-order valence-corrected chi connectivity index (χ0v) is 18.0. The Morgan fingerprint density at radius 2 is 1.57 bits per heavy atom. The van der Waals surface area contributed by atoms with E-state index in [0.29, 0.717) is 12.1 Å². The molecule has 2 aromatic carbocycles. The Morgan fingerprint density at radius 1 is 0.900 bits per heavy atom. The number of amides is 1. The number of benzene rings is 2. The minimum Gasteiger partial charge on any atom is -0.490 e. The third-order valence-electron chi connectivity index (χ3n) is 6.55. The number of hydrogen-bond donors (Lipinski definition) is 0. The maximum Gasteiger partial charge on any atom is 0.410 e. The van der Waals surface area contributed by atoms with Gasteiger partial charge in [-0.15, -0.1) is 0 Å². The van der Waals surface area contributed by atoms with Crippen LogP contribution in [0, 0.1) is 0 Å². The van der Waals surface area contributed by atoms with E-state index in [4.69, 9.17) is 9.47 Å². The molecular formula is C26H33NO3. The lowest BCUT2D eigenvalue weighted by Gasteiger charge is -2.24. The summed E-state index contributed by atoms with van der Waals surface area (Å²) in [6.45, 7) is 0.284. The van der Waals surface area contributed by atoms with Crippen LogP contribution in [-0.2, 0) is 11.3 Å². The molecule has 4 rings (SSSR count). The van der Waals surface area contributed by atoms with Crippen LogP contribution < -0.4 is 4.74 Å². The molecule has 2 saturated carbocycles. The lowest BCUT2D eigenvalue weighted by molar-refractivity contribution is 0.0919. The third kappa shape index (κ3) is 5.16. The Labute approximate surface area is 180 Å². The second-order valence-electron chi connectivity index (χ2n) is 8.66. The fourth-order valence-electron chi connectivity index (χ4n) is 4.70. The number of hydrogen-bond acceptors (Lipinski definition) is 3. The highest BCUT2D eigenvalue weighted by atomic mass is 16.6. The van der Waals surface area contributed by atoms with Gasteiger partial charge in [0.15, 0.2) is 0 Å². The van der Waals surface area contributed by atoms with Crippen molar-refractivity contribution in [2.24, 2.45) is 0 Å². The number of carbonyl (C=O) groups is 1. The summed E-state index contributed by atoms with van der Waals surface area (Å²) in [5, 5.41) is 0. The smallest absolute Gasteiger partial charge is 0.410 e. The van der Waals surface area contributed by atoms with Crippen LogP contribution in [0.15, 0.2) is 48.5 Å². The average molecular weight is 408 g/mol. The molecule has 0 aliphatic heterocycles. The van der Waals surface area contributed by atoms with Gasteiger partial charge in [-0.1, -0.05) is 55.7 Å². The van der Waals surface area contributed by atoms with Gasteiger partial charge < -0.3 is 14.4 Å². The van der Waals surface area contributed by atoms with Crippen molar-refractivity contribution in [2.75, 3.05) is 7.05 Å². The molecule has 0 radical (unpaired) electrons. The molecule has 2 aromatic rings. The average Bonchev–Trinajstić information content (AvgIpc) is 3.33. The van der Waals surface area contributed by atoms with Crippen LogP contribution in [0.3, 0.4) is 0 Å². The second kappa shape index (κ2) is 10.0. The van der Waals surface area contributed by atoms with Crippen molar-refractivity contribution in [3.8, 4) is 16.9 Å². The van der Waals surface area contributed by atoms with Crippen molar-refractivity contribution in [1.82, 2.24) is 4.90 Å². The first-order valence-electron chi connectivity index (χ1n) is 11.5. The maximum atomic E-state index is 12.5. The lowest BCUT2D eigenvalue weighted by Crippen LogP contribution is -2.35. The van der Waals surface area contributed by atoms with Crippen LogP contribution in [-0.4, -0.2) is 30.2 Å². The molecule has 1 amide bonds. The van der Waals surface area contributed by atoms with Crippen molar-refractivity contribution in [2.45, 2.75) is 76.5 Å². The first-order valence-corrected chi connectivity index (χ1v) is 11.5. The summed E-state index contributed by atoms with van der Waals surface area (Å²) in [4.78, 5) is 14.2. The number of rotatable bonds is 6. The zero-order valence-electron chi connectivity index (χ0n) is 18.0. The van der Waals surface area contributed by atoms with E-state index in [1.165, 1.54) is 32.1 Å². The normalized spacial score (nSPS) is 17.6. The van der Waals surface area contributed by atoms with Crippen LogP contribution in [0.2, 0.25) is 0 Å². The largest absolute Gasteiger partial charge is 0.490 e. The summed E-state index contributed by atoms with van der Waals surface area (Å²) in [7, 11) is 1.86. The molecule has 0 spiro atoms. The minimum atomic E-state index is -0.229. The summed E-state index contributed by atoms with van der Waals surface area (Å²) in [5.74, 6) is 0.938. The number of nitrogens with zero attached hydrogens (tertiary/aromatic N) is 1. The molecule has 2 aliphatic carbocycles. The third-order valence-corrected chi connectivity index (χ3v) is 6.55. The van der Waals surface area contributed by atoms with E-state index >= 15 is 0 Å². The van der Waals surface area contributed by atoms with Crippen molar-refractivity contribution in [1.29, 1.82) is 0 Å². The van der Waals surface area contributed by atoms with E-state index in [1.807, 2.05) is 25.2 Å². The first-order chi connectivity index (χ1) is 14.7. The predicted molar refractivity (Wildman–Crippen MR) is 120 cm³/mol. The molecule has 2 aliphatic rings. The van der Waals surface area contributed by atoms with Gasteiger partial charge in [0, 0.05) is 13.1 Å². The molecular weight excluding hydrogens is 374 g/mol. The van der Waals surface area contributed by atoms with Gasteiger partial charge in [0.25, 0.3) is 0 Å². The standard InChI is InChI=1S/C26H33NO3/c1-27(22-10-6-7-11-22)26(28)29-19-21-9-5-8-14-25(21)20-15-17-24(18-16-20)30-23-12-3-2-4-13-23/h5,8-9,14-18,22-23H,2-4,6-7,10-13,19H2,1H3. The lowest BCUT2D eigenvalue weighted by atomic mass is 9.97. The Bertz CT molecular complexity index is 820. The van der Waals surface area contributed by atoms with E-state index in [1.54, 1.807) is 4.90 Å². The monoisotopic (exact) mass is 407 g/mol. The Balaban J connectivity index is 1.39. The van der Waals surface area contributed by atoms with Crippen LogP contribution in [0.5, 0.6) is 5.75 Å². The van der Waals surface area contributed by atoms with Gasteiger partial charge in [0.1, 0.15) is 12.4 Å². The van der Waals surface area contributed by atoms with Gasteiger partial charge in [0.05, 0.1) is 6.10 Å². The highest BCUT2D eigenvalue weighted by Crippen LogP contribution is 2.29. The van der Waals surface area contributed by atoms with Gasteiger partial charge in [0.2, 0.25) is 0 Å². The van der Waals surface area contributed by atoms with Crippen LogP contribution >= 0.6 is 0 Å². The SMILES string of the molecule is CN(C(=O)OCc1ccccc1-c1ccc(OC2CCCCC2)cc1)C1CCCC1. The summed E-state index contributed by atoms with van der Waals surface area (Å²) in [6, 6.07) is 16.8. The second-order valence-corrected chi connectivity index (χ2v) is 8.66. The first kappa shape index (κ1) is 20.8. The van der Waals surface area contributed by atoms with E-state index in [9.17, 15) is 4.79 Å². The van der Waals surface area contributed by atoms with E-state index in [-0.39, 0.29) is 12.7 Å².